The number of ether oxygens (including phenoxy) is 1. The molecule has 1 atom stereocenters. The van der Waals surface area contributed by atoms with Crippen LogP contribution in [0.15, 0.2) is 0 Å². The minimum absolute atomic E-state index is 0. The number of rotatable bonds is 19. The molecule has 7 nitrogen and oxygen atoms in total. The molecule has 0 aliphatic rings. The first-order valence-corrected chi connectivity index (χ1v) is 11.5. The molecule has 9 heteroatoms. The number of aliphatic hydroxyl groups excluding tert-OH is 1. The predicted molar refractivity (Wildman–Crippen MR) is 112 cm³/mol. The first-order chi connectivity index (χ1) is 12.3. The molecule has 0 rings (SSSR count). The molecule has 0 aliphatic carbocycles. The maximum Gasteiger partial charge on any atom is 2.00 e. The van der Waals surface area contributed by atoms with Crippen molar-refractivity contribution >= 4 is 30.9 Å². The van der Waals surface area contributed by atoms with E-state index in [1.807, 2.05) is 0 Å². The number of phosphoric acid groups is 1. The molecular formula is C18H42MgNO6P. The summed E-state index contributed by atoms with van der Waals surface area (Å²) >= 11 is 0. The van der Waals surface area contributed by atoms with Crippen molar-refractivity contribution in [3.63, 3.8) is 0 Å². The first kappa shape index (κ1) is 30.0. The van der Waals surface area contributed by atoms with E-state index in [1.165, 1.54) is 57.8 Å². The smallest absolute Gasteiger partial charge is 1.00 e. The maximum absolute atomic E-state index is 10.6. The Labute approximate surface area is 184 Å². The van der Waals surface area contributed by atoms with Crippen LogP contribution in [0, 0.1) is 0 Å². The molecule has 162 valence electrons. The average molecular weight is 424 g/mol. The Morgan fingerprint density at radius 1 is 0.963 bits per heavy atom. The van der Waals surface area contributed by atoms with Crippen molar-refractivity contribution in [1.29, 1.82) is 0 Å². The molecular weight excluding hydrogens is 381 g/mol. The van der Waals surface area contributed by atoms with Crippen molar-refractivity contribution in [2.45, 2.75) is 77.2 Å². The van der Waals surface area contributed by atoms with Crippen molar-refractivity contribution in [3.8, 4) is 0 Å². The third kappa shape index (κ3) is 24.7. The minimum Gasteiger partial charge on any atom is -1.00 e. The van der Waals surface area contributed by atoms with Gasteiger partial charge in [-0.2, -0.15) is 0 Å². The Kier molecular flexibility index (Phi) is 22.2. The van der Waals surface area contributed by atoms with E-state index in [2.05, 4.69) is 11.4 Å². The van der Waals surface area contributed by atoms with Crippen molar-refractivity contribution in [1.82, 2.24) is 4.90 Å². The Hall–Kier alpha value is 0.756. The Morgan fingerprint density at radius 2 is 1.48 bits per heavy atom. The minimum atomic E-state index is -4.41. The number of phosphoric ester groups is 1. The molecule has 0 aromatic rings. The van der Waals surface area contributed by atoms with Gasteiger partial charge in [-0.15, -0.1) is 0 Å². The summed E-state index contributed by atoms with van der Waals surface area (Å²) < 4.78 is 20.4. The van der Waals surface area contributed by atoms with Crippen LogP contribution in [0.2, 0.25) is 0 Å². The van der Waals surface area contributed by atoms with Gasteiger partial charge in [0.25, 0.3) is 0 Å². The van der Waals surface area contributed by atoms with E-state index in [9.17, 15) is 9.67 Å². The Morgan fingerprint density at radius 3 is 2.00 bits per heavy atom. The van der Waals surface area contributed by atoms with Crippen LogP contribution in [0.5, 0.6) is 0 Å². The zero-order valence-corrected chi connectivity index (χ0v) is 19.7. The molecule has 27 heavy (non-hydrogen) atoms. The molecule has 0 radical (unpaired) electrons. The van der Waals surface area contributed by atoms with Crippen LogP contribution in [0.4, 0.5) is 0 Å². The average Bonchev–Trinajstić information content (AvgIpc) is 2.54. The number of likely N-dealkylation sites (N-methyl/N-ethyl adjacent to an activating group) is 1. The molecule has 3 N–H and O–H groups in total. The fourth-order valence-corrected chi connectivity index (χ4v) is 3.05. The van der Waals surface area contributed by atoms with E-state index < -0.39 is 13.9 Å². The van der Waals surface area contributed by atoms with Crippen molar-refractivity contribution in [2.24, 2.45) is 0 Å². The molecule has 0 saturated carbocycles. The molecule has 0 aromatic carbocycles. The third-order valence-corrected chi connectivity index (χ3v) is 4.73. The van der Waals surface area contributed by atoms with Crippen molar-refractivity contribution < 1.29 is 31.6 Å². The molecule has 0 saturated heterocycles. The molecule has 0 heterocycles. The fraction of sp³-hybridized carbons (Fsp3) is 1.00. The number of nitrogens with zero attached hydrogens (tertiary/aromatic N) is 1. The molecule has 0 spiro atoms. The summed E-state index contributed by atoms with van der Waals surface area (Å²) in [6.45, 7) is 3.82. The van der Waals surface area contributed by atoms with Gasteiger partial charge in [-0.3, -0.25) is 4.52 Å². The van der Waals surface area contributed by atoms with E-state index >= 15 is 0 Å². The van der Waals surface area contributed by atoms with E-state index in [-0.39, 0.29) is 39.1 Å². The van der Waals surface area contributed by atoms with Gasteiger partial charge in [0.15, 0.2) is 0 Å². The quantitative estimate of drug-likeness (QED) is 0.167. The summed E-state index contributed by atoms with van der Waals surface area (Å²) in [5.74, 6) is 0. The second kappa shape index (κ2) is 20.0. The van der Waals surface area contributed by atoms with Crippen LogP contribution in [-0.2, 0) is 13.8 Å². The van der Waals surface area contributed by atoms with Gasteiger partial charge in [-0.25, -0.2) is 4.57 Å². The molecule has 0 bridgehead atoms. The van der Waals surface area contributed by atoms with E-state index in [0.717, 1.165) is 6.42 Å². The number of hydrogen-bond acceptors (Lipinski definition) is 5. The zero-order chi connectivity index (χ0) is 19.7. The SMILES string of the molecule is CCCCCCCCCCCCOCC(O)CN(C)CCOP(=O)(O)O.[H-].[H-].[Mg+2]. The molecule has 0 aliphatic heterocycles. The third-order valence-electron chi connectivity index (χ3n) is 4.21. The second-order valence-corrected chi connectivity index (χ2v) is 8.24. The van der Waals surface area contributed by atoms with Crippen LogP contribution >= 0.6 is 7.82 Å². The summed E-state index contributed by atoms with van der Waals surface area (Å²) in [4.78, 5) is 18.9. The summed E-state index contributed by atoms with van der Waals surface area (Å²) in [7, 11) is -2.65. The van der Waals surface area contributed by atoms with Crippen molar-refractivity contribution in [2.75, 3.05) is 40.0 Å². The van der Waals surface area contributed by atoms with Crippen molar-refractivity contribution in [3.05, 3.63) is 0 Å². The summed E-state index contributed by atoms with van der Waals surface area (Å²) in [6.07, 6.45) is 12.2. The monoisotopic (exact) mass is 423 g/mol. The topological polar surface area (TPSA) is 99.5 Å². The molecule has 0 amide bonds. The van der Waals surface area contributed by atoms with Gasteiger partial charge in [-0.1, -0.05) is 64.7 Å². The van der Waals surface area contributed by atoms with Gasteiger partial charge >= 0.3 is 30.9 Å². The number of unbranched alkanes of at least 4 members (excludes halogenated alkanes) is 9. The van der Waals surface area contributed by atoms with E-state index in [4.69, 9.17) is 14.5 Å². The van der Waals surface area contributed by atoms with Crippen LogP contribution in [0.25, 0.3) is 0 Å². The molecule has 1 unspecified atom stereocenters. The van der Waals surface area contributed by atoms with Gasteiger partial charge in [0.1, 0.15) is 0 Å². The van der Waals surface area contributed by atoms with Gasteiger partial charge in [0.05, 0.1) is 19.3 Å². The normalized spacial score (nSPS) is 13.0. The Bertz CT molecular complexity index is 369. The zero-order valence-electron chi connectivity index (χ0n) is 19.4. The predicted octanol–water partition coefficient (Wildman–Crippen LogP) is 3.17. The van der Waals surface area contributed by atoms with Gasteiger partial charge in [-0.05, 0) is 13.5 Å². The van der Waals surface area contributed by atoms with Gasteiger partial charge < -0.3 is 27.4 Å². The second-order valence-electron chi connectivity index (χ2n) is 7.00. The van der Waals surface area contributed by atoms with Gasteiger partial charge in [0, 0.05) is 19.7 Å². The summed E-state index contributed by atoms with van der Waals surface area (Å²) in [5, 5.41) is 9.88. The van der Waals surface area contributed by atoms with Crippen LogP contribution in [0.1, 0.15) is 74.0 Å². The summed E-state index contributed by atoms with van der Waals surface area (Å²) in [6, 6.07) is 0. The van der Waals surface area contributed by atoms with Crippen LogP contribution < -0.4 is 0 Å². The van der Waals surface area contributed by atoms with E-state index in [0.29, 0.717) is 19.7 Å². The largest absolute Gasteiger partial charge is 2.00 e. The molecule has 0 aromatic heterocycles. The fourth-order valence-electron chi connectivity index (χ4n) is 2.73. The molecule has 0 fully saturated rings. The maximum atomic E-state index is 10.6. The number of aliphatic hydroxyl groups is 1. The van der Waals surface area contributed by atoms with Gasteiger partial charge in [0.2, 0.25) is 0 Å². The first-order valence-electron chi connectivity index (χ1n) is 9.99. The summed E-state index contributed by atoms with van der Waals surface area (Å²) in [5.41, 5.74) is 0. The van der Waals surface area contributed by atoms with E-state index in [1.54, 1.807) is 11.9 Å². The Balaban J connectivity index is -0.00000104. The number of hydrogen-bond donors (Lipinski definition) is 3. The van der Waals surface area contributed by atoms with Crippen LogP contribution in [0.3, 0.4) is 0 Å². The van der Waals surface area contributed by atoms with Crippen LogP contribution in [-0.4, -0.2) is 88.9 Å². The standard InChI is InChI=1S/C18H40NO6P.Mg.2H/c1-3-4-5-6-7-8-9-10-11-12-14-24-17-18(20)16-19(2)13-15-25-26(21,22)23;;;/h18,20H,3-17H2,1-2H3,(H2,21,22,23);;;/q;+2;2*-1.